The number of halogens is 1. The molecule has 1 rings (SSSR count). The number of hydrogen-bond acceptors (Lipinski definition) is 4. The average molecular weight is 287 g/mol. The summed E-state index contributed by atoms with van der Waals surface area (Å²) in [6, 6.07) is 7.34. The molecule has 0 heterocycles. The van der Waals surface area contributed by atoms with E-state index in [1.807, 2.05) is 25.1 Å². The maximum Gasteiger partial charge on any atom is 0.311 e. The van der Waals surface area contributed by atoms with Crippen LogP contribution in [0.15, 0.2) is 24.3 Å². The van der Waals surface area contributed by atoms with Crippen LogP contribution in [-0.4, -0.2) is 31.1 Å². The predicted molar refractivity (Wildman–Crippen MR) is 73.0 cm³/mol. The molecule has 0 aliphatic rings. The number of methoxy groups -OCH3 is 1. The van der Waals surface area contributed by atoms with Crippen molar-refractivity contribution in [3.63, 3.8) is 0 Å². The molecule has 0 aliphatic heterocycles. The zero-order valence-electron chi connectivity index (χ0n) is 11.3. The van der Waals surface area contributed by atoms with E-state index in [1.54, 1.807) is 6.07 Å². The molecule has 1 aromatic carbocycles. The van der Waals surface area contributed by atoms with Gasteiger partial charge in [-0.3, -0.25) is 4.79 Å². The topological polar surface area (TPSA) is 55.8 Å². The van der Waals surface area contributed by atoms with Crippen LogP contribution in [0.4, 0.5) is 0 Å². The number of hydrogen-bond donors (Lipinski definition) is 1. The summed E-state index contributed by atoms with van der Waals surface area (Å²) in [5, 5.41) is 9.76. The van der Waals surface area contributed by atoms with E-state index in [2.05, 4.69) is 0 Å². The number of carbonyl (C=O) groups is 1. The van der Waals surface area contributed by atoms with Crippen LogP contribution >= 0.6 is 11.6 Å². The molecular weight excluding hydrogens is 268 g/mol. The molecule has 19 heavy (non-hydrogen) atoms. The highest BCUT2D eigenvalue weighted by Gasteiger charge is 2.29. The van der Waals surface area contributed by atoms with Crippen LogP contribution in [0.3, 0.4) is 0 Å². The molecule has 0 saturated heterocycles. The second kappa shape index (κ2) is 7.48. The van der Waals surface area contributed by atoms with Crippen molar-refractivity contribution in [3.05, 3.63) is 34.9 Å². The van der Waals surface area contributed by atoms with Crippen molar-refractivity contribution >= 4 is 17.6 Å². The maximum atomic E-state index is 11.8. The molecule has 5 heteroatoms. The quantitative estimate of drug-likeness (QED) is 0.645. The Bertz CT molecular complexity index is 420. The Morgan fingerprint density at radius 1 is 1.37 bits per heavy atom. The lowest BCUT2D eigenvalue weighted by molar-refractivity contribution is -0.154. The lowest BCUT2D eigenvalue weighted by Crippen LogP contribution is -2.28. The van der Waals surface area contributed by atoms with Crippen LogP contribution < -0.4 is 0 Å². The van der Waals surface area contributed by atoms with E-state index in [-0.39, 0.29) is 18.5 Å². The molecule has 0 radical (unpaired) electrons. The third-order valence-electron chi connectivity index (χ3n) is 3.02. The van der Waals surface area contributed by atoms with E-state index in [9.17, 15) is 4.79 Å². The lowest BCUT2D eigenvalue weighted by atomic mass is 9.88. The van der Waals surface area contributed by atoms with Crippen LogP contribution in [-0.2, 0) is 14.3 Å². The van der Waals surface area contributed by atoms with Gasteiger partial charge in [0.25, 0.3) is 0 Å². The number of esters is 1. The molecule has 0 amide bonds. The van der Waals surface area contributed by atoms with Gasteiger partial charge in [0.15, 0.2) is 6.29 Å². The zero-order chi connectivity index (χ0) is 14.4. The molecule has 0 aromatic heterocycles. The Kier molecular flexibility index (Phi) is 6.28. The normalized spacial score (nSPS) is 15.6. The number of aliphatic hydroxyl groups is 1. The van der Waals surface area contributed by atoms with Crippen LogP contribution in [0.1, 0.15) is 25.3 Å². The van der Waals surface area contributed by atoms with E-state index in [0.717, 1.165) is 5.56 Å². The first kappa shape index (κ1) is 16.0. The Hall–Kier alpha value is -1.10. The highest BCUT2D eigenvalue weighted by atomic mass is 35.5. The van der Waals surface area contributed by atoms with Gasteiger partial charge >= 0.3 is 5.97 Å². The minimum atomic E-state index is -0.925. The molecule has 0 spiro atoms. The van der Waals surface area contributed by atoms with E-state index >= 15 is 0 Å². The first-order valence-electron chi connectivity index (χ1n) is 6.09. The predicted octanol–water partition coefficient (Wildman–Crippen LogP) is 2.59. The van der Waals surface area contributed by atoms with Crippen molar-refractivity contribution < 1.29 is 19.4 Å². The monoisotopic (exact) mass is 286 g/mol. The van der Waals surface area contributed by atoms with Crippen molar-refractivity contribution in [1.29, 1.82) is 0 Å². The minimum absolute atomic E-state index is 0.0801. The van der Waals surface area contributed by atoms with E-state index in [1.165, 1.54) is 14.0 Å². The second-order valence-electron chi connectivity index (χ2n) is 4.37. The van der Waals surface area contributed by atoms with Gasteiger partial charge in [-0.15, -0.1) is 0 Å². The van der Waals surface area contributed by atoms with Gasteiger partial charge in [-0.1, -0.05) is 36.7 Å². The largest absolute Gasteiger partial charge is 0.469 e. The molecule has 1 N–H and O–H groups in total. The summed E-state index contributed by atoms with van der Waals surface area (Å²) in [6.45, 7) is 3.46. The second-order valence-corrected chi connectivity index (χ2v) is 4.78. The zero-order valence-corrected chi connectivity index (χ0v) is 12.1. The number of ether oxygens (including phenoxy) is 2. The fraction of sp³-hybridized carbons (Fsp3) is 0.500. The number of benzene rings is 1. The molecule has 1 aromatic rings. The third kappa shape index (κ3) is 4.49. The van der Waals surface area contributed by atoms with E-state index in [4.69, 9.17) is 26.2 Å². The highest BCUT2D eigenvalue weighted by Crippen LogP contribution is 2.31. The lowest BCUT2D eigenvalue weighted by Gasteiger charge is -2.23. The van der Waals surface area contributed by atoms with Crippen molar-refractivity contribution in [2.45, 2.75) is 26.1 Å². The molecule has 0 saturated carbocycles. The van der Waals surface area contributed by atoms with Gasteiger partial charge in [0.1, 0.15) is 0 Å². The minimum Gasteiger partial charge on any atom is -0.469 e. The van der Waals surface area contributed by atoms with Crippen molar-refractivity contribution in [2.24, 2.45) is 5.92 Å². The van der Waals surface area contributed by atoms with Gasteiger partial charge in [-0.25, -0.2) is 0 Å². The summed E-state index contributed by atoms with van der Waals surface area (Å²) in [6.07, 6.45) is -0.925. The fourth-order valence-corrected chi connectivity index (χ4v) is 2.18. The number of aliphatic hydroxyl groups excluding tert-OH is 1. The molecule has 3 atom stereocenters. The van der Waals surface area contributed by atoms with Gasteiger partial charge in [0.2, 0.25) is 0 Å². The summed E-state index contributed by atoms with van der Waals surface area (Å²) in [5.74, 6) is -1.06. The number of rotatable bonds is 6. The van der Waals surface area contributed by atoms with Crippen LogP contribution in [0.25, 0.3) is 0 Å². The molecule has 4 nitrogen and oxygen atoms in total. The molecule has 0 fully saturated rings. The van der Waals surface area contributed by atoms with Crippen molar-refractivity contribution in [1.82, 2.24) is 0 Å². The summed E-state index contributed by atoms with van der Waals surface area (Å²) >= 11 is 6.13. The summed E-state index contributed by atoms with van der Waals surface area (Å²) in [5.41, 5.74) is 0.855. The van der Waals surface area contributed by atoms with Crippen molar-refractivity contribution in [3.8, 4) is 0 Å². The van der Waals surface area contributed by atoms with E-state index < -0.39 is 12.2 Å². The maximum absolute atomic E-state index is 11.8. The molecule has 0 bridgehead atoms. The Balaban J connectivity index is 2.91. The van der Waals surface area contributed by atoms with Crippen molar-refractivity contribution in [2.75, 3.05) is 13.7 Å². The highest BCUT2D eigenvalue weighted by molar-refractivity contribution is 6.31. The Labute approximate surface area is 118 Å². The van der Waals surface area contributed by atoms with Crippen LogP contribution in [0.2, 0.25) is 5.02 Å². The van der Waals surface area contributed by atoms with Crippen LogP contribution in [0, 0.1) is 5.92 Å². The van der Waals surface area contributed by atoms with E-state index in [0.29, 0.717) is 5.02 Å². The van der Waals surface area contributed by atoms with Gasteiger partial charge in [0.05, 0.1) is 19.6 Å². The van der Waals surface area contributed by atoms with Gasteiger partial charge in [0, 0.05) is 5.02 Å². The smallest absolute Gasteiger partial charge is 0.311 e. The third-order valence-corrected chi connectivity index (χ3v) is 3.36. The van der Waals surface area contributed by atoms with Gasteiger partial charge < -0.3 is 14.6 Å². The average Bonchev–Trinajstić information content (AvgIpc) is 2.38. The van der Waals surface area contributed by atoms with Gasteiger partial charge in [-0.05, 0) is 24.5 Å². The Morgan fingerprint density at radius 2 is 2.00 bits per heavy atom. The number of carbonyl (C=O) groups excluding carboxylic acids is 1. The molecule has 0 aliphatic carbocycles. The summed E-state index contributed by atoms with van der Waals surface area (Å²) in [7, 11) is 1.33. The SMILES string of the molecule is COC(=O)C(COC(C)O)C(C)c1ccccc1Cl. The summed E-state index contributed by atoms with van der Waals surface area (Å²) < 4.78 is 9.90. The van der Waals surface area contributed by atoms with Gasteiger partial charge in [-0.2, -0.15) is 0 Å². The molecule has 3 unspecified atom stereocenters. The molecule has 106 valence electrons. The summed E-state index contributed by atoms with van der Waals surface area (Å²) in [4.78, 5) is 11.8. The first-order chi connectivity index (χ1) is 8.97. The van der Waals surface area contributed by atoms with Crippen LogP contribution in [0.5, 0.6) is 0 Å². The fourth-order valence-electron chi connectivity index (χ4n) is 1.87. The standard InChI is InChI=1S/C14H19ClO4/c1-9(11-6-4-5-7-13(11)15)12(14(17)18-3)8-19-10(2)16/h4-7,9-10,12,16H,8H2,1-3H3. The Morgan fingerprint density at radius 3 is 2.53 bits per heavy atom. The first-order valence-corrected chi connectivity index (χ1v) is 6.47. The molecular formula is C14H19ClO4.